The summed E-state index contributed by atoms with van der Waals surface area (Å²) in [6, 6.07) is 0. The molecule has 1 rings (SSSR count). The summed E-state index contributed by atoms with van der Waals surface area (Å²) in [5.41, 5.74) is 5.77. The van der Waals surface area contributed by atoms with Crippen LogP contribution in [-0.2, 0) is 4.74 Å². The fourth-order valence-corrected chi connectivity index (χ4v) is 0.784. The standard InChI is InChI=1S/C7H9N3O2/c1-3-10-6(8)5(4-9-10)7(11)12-2/h3-4H,1,8H2,2H3. The zero-order valence-corrected chi connectivity index (χ0v) is 6.65. The fraction of sp³-hybridized carbons (Fsp3) is 0.143. The maximum atomic E-state index is 11.0. The maximum Gasteiger partial charge on any atom is 0.343 e. The average Bonchev–Trinajstić information content (AvgIpc) is 2.45. The van der Waals surface area contributed by atoms with E-state index in [1.54, 1.807) is 0 Å². The van der Waals surface area contributed by atoms with E-state index >= 15 is 0 Å². The predicted molar refractivity (Wildman–Crippen MR) is 44.4 cm³/mol. The molecular weight excluding hydrogens is 158 g/mol. The zero-order valence-electron chi connectivity index (χ0n) is 6.65. The van der Waals surface area contributed by atoms with Crippen LogP contribution in [0.25, 0.3) is 6.20 Å². The molecule has 0 atom stereocenters. The molecule has 64 valence electrons. The number of hydrogen-bond donors (Lipinski definition) is 1. The molecule has 0 aliphatic carbocycles. The molecule has 2 N–H and O–H groups in total. The highest BCUT2D eigenvalue weighted by molar-refractivity contribution is 5.94. The Kier molecular flexibility index (Phi) is 2.14. The van der Waals surface area contributed by atoms with E-state index in [-0.39, 0.29) is 11.4 Å². The molecule has 1 heterocycles. The van der Waals surface area contributed by atoms with Gasteiger partial charge in [0.15, 0.2) is 0 Å². The lowest BCUT2D eigenvalue weighted by Crippen LogP contribution is -2.05. The van der Waals surface area contributed by atoms with E-state index in [1.807, 2.05) is 0 Å². The summed E-state index contributed by atoms with van der Waals surface area (Å²) in [5, 5.41) is 3.78. The van der Waals surface area contributed by atoms with Crippen LogP contribution in [0.4, 0.5) is 5.82 Å². The second kappa shape index (κ2) is 3.08. The lowest BCUT2D eigenvalue weighted by molar-refractivity contribution is 0.0602. The molecule has 0 amide bonds. The van der Waals surface area contributed by atoms with Crippen LogP contribution in [0.5, 0.6) is 0 Å². The van der Waals surface area contributed by atoms with Crippen LogP contribution in [0.3, 0.4) is 0 Å². The third kappa shape index (κ3) is 1.16. The summed E-state index contributed by atoms with van der Waals surface area (Å²) in [6.07, 6.45) is 2.74. The van der Waals surface area contributed by atoms with Crippen molar-refractivity contribution in [3.63, 3.8) is 0 Å². The number of ether oxygens (including phenoxy) is 1. The topological polar surface area (TPSA) is 70.1 Å². The molecule has 0 saturated carbocycles. The zero-order chi connectivity index (χ0) is 9.14. The molecule has 0 saturated heterocycles. The number of nitrogen functional groups attached to an aromatic ring is 1. The van der Waals surface area contributed by atoms with Crippen molar-refractivity contribution in [1.29, 1.82) is 0 Å². The Morgan fingerprint density at radius 2 is 2.58 bits per heavy atom. The molecule has 1 aromatic rings. The Morgan fingerprint density at radius 1 is 1.92 bits per heavy atom. The van der Waals surface area contributed by atoms with Gasteiger partial charge in [0.05, 0.1) is 13.3 Å². The van der Waals surface area contributed by atoms with Gasteiger partial charge in [0, 0.05) is 6.20 Å². The number of nitrogens with zero attached hydrogens (tertiary/aromatic N) is 2. The van der Waals surface area contributed by atoms with Gasteiger partial charge >= 0.3 is 5.97 Å². The average molecular weight is 167 g/mol. The number of carbonyl (C=O) groups excluding carboxylic acids is 1. The molecular formula is C7H9N3O2. The largest absolute Gasteiger partial charge is 0.465 e. The Balaban J connectivity index is 3.10. The van der Waals surface area contributed by atoms with Gasteiger partial charge in [0.2, 0.25) is 0 Å². The van der Waals surface area contributed by atoms with E-state index in [0.717, 1.165) is 0 Å². The monoisotopic (exact) mass is 167 g/mol. The highest BCUT2D eigenvalue weighted by Gasteiger charge is 2.13. The van der Waals surface area contributed by atoms with Gasteiger partial charge in [-0.3, -0.25) is 0 Å². The predicted octanol–water partition coefficient (Wildman–Crippen LogP) is 0.352. The summed E-state index contributed by atoms with van der Waals surface area (Å²) in [4.78, 5) is 11.0. The van der Waals surface area contributed by atoms with Crippen LogP contribution in [0.2, 0.25) is 0 Å². The van der Waals surface area contributed by atoms with Gasteiger partial charge in [0.25, 0.3) is 0 Å². The van der Waals surface area contributed by atoms with Crippen molar-refractivity contribution in [3.8, 4) is 0 Å². The summed E-state index contributed by atoms with van der Waals surface area (Å²) in [5.74, 6) is -0.266. The van der Waals surface area contributed by atoms with Crippen LogP contribution in [-0.4, -0.2) is 22.9 Å². The first-order valence-electron chi connectivity index (χ1n) is 3.24. The van der Waals surface area contributed by atoms with E-state index in [0.29, 0.717) is 0 Å². The van der Waals surface area contributed by atoms with Crippen LogP contribution in [0.15, 0.2) is 12.8 Å². The molecule has 0 aliphatic heterocycles. The Labute approximate surface area is 69.4 Å². The van der Waals surface area contributed by atoms with Crippen LogP contribution < -0.4 is 5.73 Å². The second-order valence-corrected chi connectivity index (χ2v) is 2.06. The van der Waals surface area contributed by atoms with Gasteiger partial charge in [-0.15, -0.1) is 0 Å². The first kappa shape index (κ1) is 8.32. The fourth-order valence-electron chi connectivity index (χ4n) is 0.784. The number of nitrogens with two attached hydrogens (primary N) is 1. The Bertz CT molecular complexity index is 316. The molecule has 0 radical (unpaired) electrons. The molecule has 0 fully saturated rings. The third-order valence-corrected chi connectivity index (χ3v) is 1.41. The van der Waals surface area contributed by atoms with Gasteiger partial charge in [0.1, 0.15) is 11.4 Å². The minimum Gasteiger partial charge on any atom is -0.465 e. The molecule has 5 nitrogen and oxygen atoms in total. The number of aromatic nitrogens is 2. The number of esters is 1. The van der Waals surface area contributed by atoms with Gasteiger partial charge < -0.3 is 10.5 Å². The lowest BCUT2D eigenvalue weighted by atomic mass is 10.3. The minimum absolute atomic E-state index is 0.233. The smallest absolute Gasteiger partial charge is 0.343 e. The molecule has 0 aromatic carbocycles. The summed E-state index contributed by atoms with van der Waals surface area (Å²) >= 11 is 0. The second-order valence-electron chi connectivity index (χ2n) is 2.06. The molecule has 0 bridgehead atoms. The van der Waals surface area contributed by atoms with Crippen LogP contribution >= 0.6 is 0 Å². The first-order valence-corrected chi connectivity index (χ1v) is 3.24. The van der Waals surface area contributed by atoms with Crippen LogP contribution in [0.1, 0.15) is 10.4 Å². The number of hydrogen-bond acceptors (Lipinski definition) is 4. The molecule has 0 aliphatic rings. The SMILES string of the molecule is C=Cn1ncc(C(=O)OC)c1N. The molecule has 0 spiro atoms. The van der Waals surface area contributed by atoms with Crippen molar-refractivity contribution < 1.29 is 9.53 Å². The van der Waals surface area contributed by atoms with Gasteiger partial charge in [-0.2, -0.15) is 5.10 Å². The normalized spacial score (nSPS) is 9.42. The van der Waals surface area contributed by atoms with E-state index in [1.165, 1.54) is 24.2 Å². The van der Waals surface area contributed by atoms with E-state index < -0.39 is 5.97 Å². The molecule has 12 heavy (non-hydrogen) atoms. The molecule has 0 unspecified atom stereocenters. The number of rotatable bonds is 2. The van der Waals surface area contributed by atoms with E-state index in [2.05, 4.69) is 16.4 Å². The Hall–Kier alpha value is -1.78. The van der Waals surface area contributed by atoms with Crippen molar-refractivity contribution in [2.75, 3.05) is 12.8 Å². The number of carbonyl (C=O) groups is 1. The molecule has 1 aromatic heterocycles. The summed E-state index contributed by atoms with van der Waals surface area (Å²) < 4.78 is 5.77. The van der Waals surface area contributed by atoms with Gasteiger partial charge in [-0.05, 0) is 0 Å². The van der Waals surface area contributed by atoms with E-state index in [4.69, 9.17) is 5.73 Å². The van der Waals surface area contributed by atoms with Crippen molar-refractivity contribution >= 4 is 18.0 Å². The van der Waals surface area contributed by atoms with Crippen molar-refractivity contribution in [2.45, 2.75) is 0 Å². The van der Waals surface area contributed by atoms with Crippen molar-refractivity contribution in [1.82, 2.24) is 9.78 Å². The number of anilines is 1. The Morgan fingerprint density at radius 3 is 3.00 bits per heavy atom. The summed E-state index contributed by atoms with van der Waals surface area (Å²) in [7, 11) is 1.28. The highest BCUT2D eigenvalue weighted by Crippen LogP contribution is 2.11. The summed E-state index contributed by atoms with van der Waals surface area (Å²) in [6.45, 7) is 3.46. The quantitative estimate of drug-likeness (QED) is 0.645. The van der Waals surface area contributed by atoms with Gasteiger partial charge in [-0.1, -0.05) is 6.58 Å². The number of methoxy groups -OCH3 is 1. The minimum atomic E-state index is -0.499. The lowest BCUT2D eigenvalue weighted by Gasteiger charge is -1.97. The maximum absolute atomic E-state index is 11.0. The van der Waals surface area contributed by atoms with Crippen molar-refractivity contribution in [2.24, 2.45) is 0 Å². The van der Waals surface area contributed by atoms with Gasteiger partial charge in [-0.25, -0.2) is 9.48 Å². The van der Waals surface area contributed by atoms with Crippen molar-refractivity contribution in [3.05, 3.63) is 18.3 Å². The van der Waals surface area contributed by atoms with Crippen LogP contribution in [0, 0.1) is 0 Å². The van der Waals surface area contributed by atoms with E-state index in [9.17, 15) is 4.79 Å². The first-order chi connectivity index (χ1) is 5.70. The highest BCUT2D eigenvalue weighted by atomic mass is 16.5. The molecule has 5 heteroatoms. The third-order valence-electron chi connectivity index (χ3n) is 1.41.